The highest BCUT2D eigenvalue weighted by atomic mass is 32.2. The third-order valence-corrected chi connectivity index (χ3v) is 31.2. The Bertz CT molecular complexity index is 7590. The predicted octanol–water partition coefficient (Wildman–Crippen LogP) is 31.5. The average molecular weight is 2050 g/mol. The zero-order valence-corrected chi connectivity index (χ0v) is 87.3. The third kappa shape index (κ3) is 27.6. The molecule has 18 aromatic carbocycles. The molecule has 15 nitrogen and oxygen atoms in total. The van der Waals surface area contributed by atoms with Gasteiger partial charge in [-0.1, -0.05) is 251 Å². The lowest BCUT2D eigenvalue weighted by atomic mass is 9.78. The van der Waals surface area contributed by atoms with Crippen molar-refractivity contribution in [3.05, 3.63) is 537 Å². The summed E-state index contributed by atoms with van der Waals surface area (Å²) >= 11 is 5.10. The van der Waals surface area contributed by atoms with Gasteiger partial charge in [0.05, 0.1) is 40.9 Å². The molecule has 18 rings (SSSR count). The molecule has 0 heterocycles. The molecule has 0 N–H and O–H groups in total. The Morgan fingerprint density at radius 1 is 0.216 bits per heavy atom. The first-order chi connectivity index (χ1) is 70.8. The van der Waals surface area contributed by atoms with Gasteiger partial charge in [-0.25, -0.2) is 16.8 Å². The molecule has 0 aromatic heterocycles. The van der Waals surface area contributed by atoms with Gasteiger partial charge in [0.1, 0.15) is 51.7 Å². The van der Waals surface area contributed by atoms with Gasteiger partial charge in [-0.3, -0.25) is 24.0 Å². The van der Waals surface area contributed by atoms with E-state index in [-0.39, 0.29) is 57.0 Å². The number of methoxy groups -OCH3 is 3. The number of hydrogen-bond donors (Lipinski definition) is 0. The minimum Gasteiger partial charge on any atom is -0.497 e. The van der Waals surface area contributed by atoms with Crippen molar-refractivity contribution in [2.75, 3.05) is 27.6 Å². The van der Waals surface area contributed by atoms with Crippen LogP contribution >= 0.6 is 35.3 Å². The molecule has 0 aliphatic heterocycles. The van der Waals surface area contributed by atoms with E-state index in [1.54, 1.807) is 244 Å². The maximum atomic E-state index is 13.2. The highest BCUT2D eigenvalue weighted by Crippen LogP contribution is 2.40. The summed E-state index contributed by atoms with van der Waals surface area (Å²) in [5.74, 6) is 5.39. The maximum Gasteiger partial charge on any atom is 0.206 e. The second kappa shape index (κ2) is 49.3. The van der Waals surface area contributed by atoms with Gasteiger partial charge in [0.15, 0.2) is 28.9 Å². The molecule has 148 heavy (non-hydrogen) atoms. The molecule has 744 valence electrons. The van der Waals surface area contributed by atoms with Gasteiger partial charge in [0.25, 0.3) is 0 Å². The van der Waals surface area contributed by atoms with Crippen molar-refractivity contribution in [2.45, 2.75) is 118 Å². The molecule has 0 bridgehead atoms. The number of ketones is 5. The number of rotatable bonds is 32. The van der Waals surface area contributed by atoms with Gasteiger partial charge in [-0.05, 0) is 323 Å². The molecule has 20 heteroatoms. The summed E-state index contributed by atoms with van der Waals surface area (Å²) in [6, 6.07) is 133. The number of sulfone groups is 2. The van der Waals surface area contributed by atoms with Crippen molar-refractivity contribution in [3.63, 3.8) is 0 Å². The largest absolute Gasteiger partial charge is 0.497 e. The molecule has 0 amide bonds. The monoisotopic (exact) mass is 2050 g/mol. The van der Waals surface area contributed by atoms with Crippen molar-refractivity contribution in [3.8, 4) is 51.7 Å². The highest BCUT2D eigenvalue weighted by Gasteiger charge is 2.28. The third-order valence-electron chi connectivity index (χ3n) is 24.9. The van der Waals surface area contributed by atoms with Crippen LogP contribution < -0.4 is 28.4 Å². The summed E-state index contributed by atoms with van der Waals surface area (Å²) in [5.41, 5.74) is 14.0. The van der Waals surface area contributed by atoms with E-state index in [0.29, 0.717) is 106 Å². The Kier molecular flexibility index (Phi) is 35.9. The zero-order chi connectivity index (χ0) is 104. The van der Waals surface area contributed by atoms with Crippen LogP contribution in [0.25, 0.3) is 0 Å². The Labute approximate surface area is 880 Å². The lowest BCUT2D eigenvalue weighted by Crippen LogP contribution is -2.18. The van der Waals surface area contributed by atoms with E-state index in [4.69, 9.17) is 28.4 Å². The number of carbonyl (C=O) groups excluding carboxylic acids is 5. The fourth-order valence-corrected chi connectivity index (χ4v) is 20.4. The molecule has 0 radical (unpaired) electrons. The average Bonchev–Trinajstić information content (AvgIpc) is 0.807. The van der Waals surface area contributed by atoms with E-state index in [9.17, 15) is 40.8 Å². The Morgan fingerprint density at radius 3 is 0.615 bits per heavy atom. The Hall–Kier alpha value is -15.9. The predicted molar refractivity (Wildman–Crippen MR) is 594 cm³/mol. The molecule has 0 fully saturated rings. The van der Waals surface area contributed by atoms with Crippen LogP contribution in [-0.2, 0) is 30.5 Å². The number of ether oxygens (including phenoxy) is 6. The summed E-state index contributed by atoms with van der Waals surface area (Å²) in [6.45, 7) is 16.6. The fraction of sp³-hybridized carbons (Fsp3) is 0.117. The van der Waals surface area contributed by atoms with Crippen LogP contribution in [0, 0.1) is 27.7 Å². The lowest BCUT2D eigenvalue weighted by molar-refractivity contribution is 0.102. The molecule has 0 aliphatic carbocycles. The number of carbonyl (C=O) groups is 5. The molecular weight excluding hydrogens is 1940 g/mol. The number of hydrogen-bond acceptors (Lipinski definition) is 18. The first-order valence-corrected chi connectivity index (χ1v) is 53.1. The van der Waals surface area contributed by atoms with Crippen molar-refractivity contribution in [2.24, 2.45) is 0 Å². The highest BCUT2D eigenvalue weighted by molar-refractivity contribution is 8.00. The van der Waals surface area contributed by atoms with Crippen LogP contribution in [0.15, 0.2) is 481 Å². The van der Waals surface area contributed by atoms with Crippen LogP contribution in [0.5, 0.6) is 51.7 Å². The summed E-state index contributed by atoms with van der Waals surface area (Å²) < 4.78 is 84.9. The zero-order valence-electron chi connectivity index (χ0n) is 83.2. The van der Waals surface area contributed by atoms with Crippen LogP contribution in [-0.4, -0.2) is 73.3 Å². The molecule has 0 spiro atoms. The van der Waals surface area contributed by atoms with Crippen molar-refractivity contribution < 1.29 is 69.2 Å². The van der Waals surface area contributed by atoms with E-state index in [1.165, 1.54) is 68.3 Å². The summed E-state index contributed by atoms with van der Waals surface area (Å²) in [6.07, 6.45) is 2.08. The molecule has 0 aliphatic rings. The topological polar surface area (TPSA) is 209 Å². The maximum absolute atomic E-state index is 13.2. The molecular formula is C128H112O15S5. The standard InChI is InChI=1S/2C37H32O4.C27H22O5S.C26H22O2S4.CH4/c2*1-25-8-10-26(11-9-25)35(38)28-6-5-7-29(24-28)36(39)27-12-18-33(19-13-27)41-34-22-16-31(17-23-34)37(2,3)30-14-20-32(40-4)21-15-30;1-19-3-5-20(6-4-19)27(28)21-7-9-23(10-8-21)32-24-13-17-26(18-14-24)33(29,30)25-15-11-22(31-2)12-16-25;1-19-3-15-25(16-4-19)32(27,28)26-17-13-24(14-18-26)31-23-11-9-22(10-12-23)30-21-7-5-20(29-2)6-8-21;/h2*5-24H,1-4H3;3-18H,1-2H3;3-18H,1-2H3;1H4. The van der Waals surface area contributed by atoms with Crippen LogP contribution in [0.1, 0.15) is 159 Å². The minimum atomic E-state index is -3.65. The number of benzene rings is 18. The molecule has 0 atom stereocenters. The van der Waals surface area contributed by atoms with Crippen molar-refractivity contribution in [1.82, 2.24) is 0 Å². The molecule has 0 unspecified atom stereocenters. The number of aryl methyl sites for hydroxylation is 4. The summed E-state index contributed by atoms with van der Waals surface area (Å²) in [4.78, 5) is 71.6. The van der Waals surface area contributed by atoms with Gasteiger partial charge >= 0.3 is 0 Å². The van der Waals surface area contributed by atoms with Crippen LogP contribution in [0.4, 0.5) is 0 Å². The van der Waals surface area contributed by atoms with Crippen molar-refractivity contribution >= 4 is 83.9 Å². The van der Waals surface area contributed by atoms with Crippen LogP contribution in [0.2, 0.25) is 0 Å². The summed E-state index contributed by atoms with van der Waals surface area (Å²) in [5, 5.41) is 0. The van der Waals surface area contributed by atoms with Gasteiger partial charge < -0.3 is 28.4 Å². The second-order valence-electron chi connectivity index (χ2n) is 35.8. The SMILES string of the molecule is C.COc1ccc(C(C)(C)c2ccc(Oc3ccc(C(=O)c4cccc(C(=O)c5ccc(C)cc5)c4)cc3)cc2)cc1.COc1ccc(C(C)(C)c2ccc(Oc3ccc(C(=O)c4cccc(C(=O)c5ccc(C)cc5)c4)cc3)cc2)cc1.COc1ccc(S(=O)(=O)c2ccc(Oc3ccc(C(=O)c4ccc(C)cc4)cc3)cc2)cc1.CSc1ccc(Sc2ccc(Sc3ccc(S(=O)(=O)c4ccc(C)cc4)cc3)cc2)cc1. The van der Waals surface area contributed by atoms with Gasteiger partial charge in [-0.2, -0.15) is 0 Å². The molecule has 0 saturated heterocycles. The van der Waals surface area contributed by atoms with Gasteiger partial charge in [-0.15, -0.1) is 11.8 Å². The normalized spacial score (nSPS) is 11.1. The van der Waals surface area contributed by atoms with E-state index < -0.39 is 19.7 Å². The van der Waals surface area contributed by atoms with E-state index in [1.807, 2.05) is 149 Å². The molecule has 0 saturated carbocycles. The summed E-state index contributed by atoms with van der Waals surface area (Å²) in [7, 11) is -2.29. The number of thioether (sulfide) groups is 1. The Morgan fingerprint density at radius 2 is 0.385 bits per heavy atom. The minimum absolute atomic E-state index is 0. The van der Waals surface area contributed by atoms with Crippen LogP contribution in [0.3, 0.4) is 0 Å². The van der Waals surface area contributed by atoms with Gasteiger partial charge in [0.2, 0.25) is 19.7 Å². The first-order valence-electron chi connectivity index (χ1n) is 47.3. The van der Waals surface area contributed by atoms with E-state index in [2.05, 4.69) is 131 Å². The van der Waals surface area contributed by atoms with Crippen molar-refractivity contribution in [1.29, 1.82) is 0 Å². The van der Waals surface area contributed by atoms with E-state index in [0.717, 1.165) is 43.5 Å². The Balaban J connectivity index is 0.000000156. The molecule has 18 aromatic rings. The lowest BCUT2D eigenvalue weighted by Gasteiger charge is -2.26. The van der Waals surface area contributed by atoms with Gasteiger partial charge in [0, 0.05) is 90.9 Å². The fourth-order valence-electron chi connectivity index (χ4n) is 15.8. The first kappa shape index (κ1) is 108. The second-order valence-corrected chi connectivity index (χ2v) is 42.9. The quantitative estimate of drug-likeness (QED) is 0.0283. The van der Waals surface area contributed by atoms with E-state index >= 15 is 0 Å². The smallest absolute Gasteiger partial charge is 0.206 e.